The van der Waals surface area contributed by atoms with E-state index < -0.39 is 20.0 Å². The SMILES string of the molecule is CCNS(=O)(=O)c1ccccc1NCCNS(C)(=O)=O. The van der Waals surface area contributed by atoms with Crippen LogP contribution in [0, 0.1) is 0 Å². The summed E-state index contributed by atoms with van der Waals surface area (Å²) in [6, 6.07) is 6.45. The molecule has 0 unspecified atom stereocenters. The Morgan fingerprint density at radius 1 is 1.00 bits per heavy atom. The summed E-state index contributed by atoms with van der Waals surface area (Å²) in [5.41, 5.74) is 0.434. The maximum Gasteiger partial charge on any atom is 0.242 e. The first-order valence-corrected chi connectivity index (χ1v) is 9.41. The van der Waals surface area contributed by atoms with E-state index in [0.717, 1.165) is 6.26 Å². The highest BCUT2D eigenvalue weighted by Gasteiger charge is 2.16. The number of nitrogens with one attached hydrogen (secondary N) is 3. The van der Waals surface area contributed by atoms with Crippen LogP contribution >= 0.6 is 0 Å². The number of benzene rings is 1. The molecule has 7 nitrogen and oxygen atoms in total. The summed E-state index contributed by atoms with van der Waals surface area (Å²) < 4.78 is 50.5. The fourth-order valence-electron chi connectivity index (χ4n) is 1.55. The topological polar surface area (TPSA) is 104 Å². The molecule has 114 valence electrons. The molecule has 0 bridgehead atoms. The largest absolute Gasteiger partial charge is 0.383 e. The number of hydrogen-bond acceptors (Lipinski definition) is 5. The van der Waals surface area contributed by atoms with E-state index in [-0.39, 0.29) is 18.0 Å². The second kappa shape index (κ2) is 7.02. The summed E-state index contributed by atoms with van der Waals surface area (Å²) in [5, 5.41) is 2.90. The Morgan fingerprint density at radius 2 is 1.65 bits per heavy atom. The van der Waals surface area contributed by atoms with Crippen molar-refractivity contribution in [2.45, 2.75) is 11.8 Å². The van der Waals surface area contributed by atoms with Crippen molar-refractivity contribution in [3.8, 4) is 0 Å². The van der Waals surface area contributed by atoms with Gasteiger partial charge in [0.1, 0.15) is 4.90 Å². The molecular formula is C11H19N3O4S2. The molecule has 20 heavy (non-hydrogen) atoms. The lowest BCUT2D eigenvalue weighted by molar-refractivity contribution is 0.583. The van der Waals surface area contributed by atoms with Crippen molar-refractivity contribution < 1.29 is 16.8 Å². The van der Waals surface area contributed by atoms with Crippen LogP contribution in [0.4, 0.5) is 5.69 Å². The molecule has 0 aliphatic rings. The molecule has 0 heterocycles. The van der Waals surface area contributed by atoms with Crippen molar-refractivity contribution in [1.29, 1.82) is 0 Å². The van der Waals surface area contributed by atoms with Crippen LogP contribution in [-0.2, 0) is 20.0 Å². The first-order valence-electron chi connectivity index (χ1n) is 6.03. The van der Waals surface area contributed by atoms with Gasteiger partial charge in [-0.15, -0.1) is 0 Å². The van der Waals surface area contributed by atoms with Crippen LogP contribution in [0.5, 0.6) is 0 Å². The number of rotatable bonds is 8. The van der Waals surface area contributed by atoms with Crippen LogP contribution in [0.15, 0.2) is 29.2 Å². The summed E-state index contributed by atoms with van der Waals surface area (Å²) >= 11 is 0. The second-order valence-corrected chi connectivity index (χ2v) is 7.66. The molecule has 0 fully saturated rings. The van der Waals surface area contributed by atoms with Gasteiger partial charge < -0.3 is 5.32 Å². The van der Waals surface area contributed by atoms with Gasteiger partial charge in [-0.25, -0.2) is 26.3 Å². The second-order valence-electron chi connectivity index (χ2n) is 4.09. The molecule has 1 aromatic rings. The van der Waals surface area contributed by atoms with Gasteiger partial charge in [0, 0.05) is 19.6 Å². The van der Waals surface area contributed by atoms with Crippen molar-refractivity contribution in [3.63, 3.8) is 0 Å². The van der Waals surface area contributed by atoms with Gasteiger partial charge in [0.05, 0.1) is 11.9 Å². The lowest BCUT2D eigenvalue weighted by Gasteiger charge is -2.12. The van der Waals surface area contributed by atoms with Gasteiger partial charge in [0.15, 0.2) is 0 Å². The van der Waals surface area contributed by atoms with Crippen LogP contribution in [0.1, 0.15) is 6.92 Å². The van der Waals surface area contributed by atoms with Gasteiger partial charge in [0.2, 0.25) is 20.0 Å². The highest BCUT2D eigenvalue weighted by molar-refractivity contribution is 7.89. The van der Waals surface area contributed by atoms with Crippen molar-refractivity contribution >= 4 is 25.7 Å². The van der Waals surface area contributed by atoms with Gasteiger partial charge in [-0.3, -0.25) is 0 Å². The summed E-state index contributed by atoms with van der Waals surface area (Å²) in [6.45, 7) is 2.45. The third-order valence-electron chi connectivity index (χ3n) is 2.32. The lowest BCUT2D eigenvalue weighted by atomic mass is 10.3. The van der Waals surface area contributed by atoms with Gasteiger partial charge >= 0.3 is 0 Å². The van der Waals surface area contributed by atoms with E-state index in [1.165, 1.54) is 6.07 Å². The monoisotopic (exact) mass is 321 g/mol. The first kappa shape index (κ1) is 16.9. The van der Waals surface area contributed by atoms with E-state index in [1.54, 1.807) is 25.1 Å². The number of para-hydroxylation sites is 1. The maximum absolute atomic E-state index is 12.0. The van der Waals surface area contributed by atoms with E-state index >= 15 is 0 Å². The van der Waals surface area contributed by atoms with Crippen molar-refractivity contribution in [3.05, 3.63) is 24.3 Å². The Labute approximate surface area is 119 Å². The zero-order valence-electron chi connectivity index (χ0n) is 11.4. The number of sulfonamides is 2. The van der Waals surface area contributed by atoms with E-state index in [4.69, 9.17) is 0 Å². The molecule has 1 rings (SSSR count). The summed E-state index contributed by atoms with van der Waals surface area (Å²) in [4.78, 5) is 0.140. The Morgan fingerprint density at radius 3 is 2.25 bits per heavy atom. The molecule has 9 heteroatoms. The molecule has 0 aliphatic heterocycles. The summed E-state index contributed by atoms with van der Waals surface area (Å²) in [5.74, 6) is 0. The minimum Gasteiger partial charge on any atom is -0.383 e. The van der Waals surface area contributed by atoms with Gasteiger partial charge in [-0.2, -0.15) is 0 Å². The normalized spacial score (nSPS) is 12.3. The molecule has 0 aliphatic carbocycles. The highest BCUT2D eigenvalue weighted by Crippen LogP contribution is 2.20. The summed E-state index contributed by atoms with van der Waals surface area (Å²) in [7, 11) is -6.80. The highest BCUT2D eigenvalue weighted by atomic mass is 32.2. The van der Waals surface area contributed by atoms with Gasteiger partial charge in [0.25, 0.3) is 0 Å². The third-order valence-corrected chi connectivity index (χ3v) is 4.65. The molecule has 0 radical (unpaired) electrons. The number of anilines is 1. The molecule has 0 saturated heterocycles. The quantitative estimate of drug-likeness (QED) is 0.582. The molecular weight excluding hydrogens is 302 g/mol. The van der Waals surface area contributed by atoms with Crippen molar-refractivity contribution in [2.24, 2.45) is 0 Å². The van der Waals surface area contributed by atoms with E-state index in [2.05, 4.69) is 14.8 Å². The zero-order valence-corrected chi connectivity index (χ0v) is 13.0. The standard InChI is InChI=1S/C11H19N3O4S2/c1-3-13-20(17,18)11-7-5-4-6-10(11)12-8-9-14-19(2,15)16/h4-7,12-14H,3,8-9H2,1-2H3. The number of hydrogen-bond donors (Lipinski definition) is 3. The van der Waals surface area contributed by atoms with Crippen LogP contribution in [0.2, 0.25) is 0 Å². The maximum atomic E-state index is 12.0. The molecule has 3 N–H and O–H groups in total. The predicted molar refractivity (Wildman–Crippen MR) is 78.6 cm³/mol. The molecule has 0 spiro atoms. The molecule has 0 amide bonds. The Kier molecular flexibility index (Phi) is 5.93. The third kappa shape index (κ3) is 5.45. The average Bonchev–Trinajstić information content (AvgIpc) is 2.34. The van der Waals surface area contributed by atoms with Crippen molar-refractivity contribution in [1.82, 2.24) is 9.44 Å². The van der Waals surface area contributed by atoms with Crippen LogP contribution in [-0.4, -0.2) is 42.7 Å². The first-order chi connectivity index (χ1) is 9.26. The Balaban J connectivity index is 2.77. The summed E-state index contributed by atoms with van der Waals surface area (Å²) in [6.07, 6.45) is 1.07. The van der Waals surface area contributed by atoms with E-state index in [0.29, 0.717) is 12.2 Å². The van der Waals surface area contributed by atoms with E-state index in [9.17, 15) is 16.8 Å². The molecule has 0 atom stereocenters. The van der Waals surface area contributed by atoms with Crippen LogP contribution < -0.4 is 14.8 Å². The Hall–Kier alpha value is -1.16. The zero-order chi connectivity index (χ0) is 15.2. The molecule has 0 aromatic heterocycles. The smallest absolute Gasteiger partial charge is 0.242 e. The van der Waals surface area contributed by atoms with Gasteiger partial charge in [-0.1, -0.05) is 19.1 Å². The van der Waals surface area contributed by atoms with Crippen molar-refractivity contribution in [2.75, 3.05) is 31.2 Å². The fraction of sp³-hybridized carbons (Fsp3) is 0.455. The van der Waals surface area contributed by atoms with Crippen LogP contribution in [0.3, 0.4) is 0 Å². The molecule has 1 aromatic carbocycles. The van der Waals surface area contributed by atoms with Gasteiger partial charge in [-0.05, 0) is 12.1 Å². The lowest BCUT2D eigenvalue weighted by Crippen LogP contribution is -2.28. The minimum absolute atomic E-state index is 0.140. The van der Waals surface area contributed by atoms with Crippen LogP contribution in [0.25, 0.3) is 0 Å². The molecule has 0 saturated carbocycles. The fourth-order valence-corrected chi connectivity index (χ4v) is 3.24. The Bertz CT molecular complexity index is 641. The predicted octanol–water partition coefficient (Wildman–Crippen LogP) is -0.0541. The minimum atomic E-state index is -3.56. The van der Waals surface area contributed by atoms with E-state index in [1.807, 2.05) is 0 Å². The average molecular weight is 321 g/mol.